The number of amides is 1. The van der Waals surface area contributed by atoms with E-state index >= 15 is 0 Å². The highest BCUT2D eigenvalue weighted by atomic mass is 32.2. The van der Waals surface area contributed by atoms with Gasteiger partial charge in [-0.3, -0.25) is 9.59 Å². The Hall–Kier alpha value is -1.49. The molecule has 21 heavy (non-hydrogen) atoms. The topological polar surface area (TPSA) is 46.6 Å². The lowest BCUT2D eigenvalue weighted by atomic mass is 9.98. The molecule has 0 radical (unpaired) electrons. The van der Waals surface area contributed by atoms with Crippen molar-refractivity contribution in [1.29, 1.82) is 0 Å². The standard InChI is InChI=1S/C16H21NO3S/c1-20-15(18)11-12-7-5-6-10-17(12)16(19)13-8-3-4-9-14(13)21-2/h3-4,8-9,12H,5-7,10-11H2,1-2H3. The molecule has 114 valence electrons. The van der Waals surface area contributed by atoms with Crippen molar-refractivity contribution in [2.24, 2.45) is 0 Å². The second-order valence-corrected chi connectivity index (χ2v) is 5.98. The summed E-state index contributed by atoms with van der Waals surface area (Å²) in [5.74, 6) is -0.230. The zero-order chi connectivity index (χ0) is 15.2. The van der Waals surface area contributed by atoms with E-state index in [1.807, 2.05) is 35.4 Å². The fourth-order valence-electron chi connectivity index (χ4n) is 2.73. The van der Waals surface area contributed by atoms with Gasteiger partial charge in [-0.15, -0.1) is 11.8 Å². The van der Waals surface area contributed by atoms with Crippen LogP contribution in [0.4, 0.5) is 0 Å². The summed E-state index contributed by atoms with van der Waals surface area (Å²) >= 11 is 1.57. The molecule has 0 saturated carbocycles. The Kier molecular flexibility index (Phi) is 5.67. The molecule has 0 N–H and O–H groups in total. The molecular formula is C16H21NO3S. The molecule has 1 unspecified atom stereocenters. The van der Waals surface area contributed by atoms with Crippen LogP contribution in [0, 0.1) is 0 Å². The number of likely N-dealkylation sites (tertiary alicyclic amines) is 1. The van der Waals surface area contributed by atoms with Gasteiger partial charge in [-0.1, -0.05) is 12.1 Å². The number of piperidine rings is 1. The number of methoxy groups -OCH3 is 1. The summed E-state index contributed by atoms with van der Waals surface area (Å²) < 4.78 is 4.75. The van der Waals surface area contributed by atoms with Crippen LogP contribution in [0.1, 0.15) is 36.0 Å². The Bertz CT molecular complexity index is 518. The summed E-state index contributed by atoms with van der Waals surface area (Å²) in [6, 6.07) is 7.58. The molecule has 1 aliphatic heterocycles. The second-order valence-electron chi connectivity index (χ2n) is 5.13. The number of esters is 1. The van der Waals surface area contributed by atoms with Crippen molar-refractivity contribution in [1.82, 2.24) is 4.90 Å². The van der Waals surface area contributed by atoms with Gasteiger partial charge in [0.25, 0.3) is 5.91 Å². The average Bonchev–Trinajstić information content (AvgIpc) is 2.54. The highest BCUT2D eigenvalue weighted by molar-refractivity contribution is 7.98. The van der Waals surface area contributed by atoms with Gasteiger partial charge in [0.15, 0.2) is 0 Å². The number of carbonyl (C=O) groups excluding carboxylic acids is 2. The summed E-state index contributed by atoms with van der Waals surface area (Å²) in [4.78, 5) is 27.2. The van der Waals surface area contributed by atoms with Crippen LogP contribution in [0.25, 0.3) is 0 Å². The van der Waals surface area contributed by atoms with E-state index in [1.165, 1.54) is 7.11 Å². The largest absolute Gasteiger partial charge is 0.469 e. The minimum Gasteiger partial charge on any atom is -0.469 e. The molecule has 5 heteroatoms. The van der Waals surface area contributed by atoms with Crippen LogP contribution in [-0.4, -0.2) is 42.7 Å². The van der Waals surface area contributed by atoms with Crippen molar-refractivity contribution in [2.75, 3.05) is 19.9 Å². The molecule has 1 aromatic carbocycles. The Labute approximate surface area is 129 Å². The lowest BCUT2D eigenvalue weighted by molar-refractivity contribution is -0.142. The number of benzene rings is 1. The zero-order valence-electron chi connectivity index (χ0n) is 12.5. The number of hydrogen-bond acceptors (Lipinski definition) is 4. The van der Waals surface area contributed by atoms with Crippen LogP contribution >= 0.6 is 11.8 Å². The van der Waals surface area contributed by atoms with E-state index in [9.17, 15) is 9.59 Å². The number of ether oxygens (including phenoxy) is 1. The fourth-order valence-corrected chi connectivity index (χ4v) is 3.32. The normalized spacial score (nSPS) is 18.4. The first-order valence-electron chi connectivity index (χ1n) is 7.18. The third-order valence-corrected chi connectivity index (χ3v) is 4.65. The van der Waals surface area contributed by atoms with Crippen LogP contribution < -0.4 is 0 Å². The molecule has 1 atom stereocenters. The van der Waals surface area contributed by atoms with Crippen LogP contribution in [0.2, 0.25) is 0 Å². The molecule has 1 aliphatic rings. The number of hydrogen-bond donors (Lipinski definition) is 0. The van der Waals surface area contributed by atoms with Crippen LogP contribution in [-0.2, 0) is 9.53 Å². The smallest absolute Gasteiger partial charge is 0.307 e. The lowest BCUT2D eigenvalue weighted by Gasteiger charge is -2.35. The van der Waals surface area contributed by atoms with Crippen molar-refractivity contribution in [2.45, 2.75) is 36.6 Å². The van der Waals surface area contributed by atoms with E-state index in [-0.39, 0.29) is 24.3 Å². The monoisotopic (exact) mass is 307 g/mol. The molecular weight excluding hydrogens is 286 g/mol. The first-order valence-corrected chi connectivity index (χ1v) is 8.40. The second kappa shape index (κ2) is 7.50. The predicted molar refractivity (Wildman–Crippen MR) is 83.5 cm³/mol. The van der Waals surface area contributed by atoms with Crippen molar-refractivity contribution in [3.8, 4) is 0 Å². The van der Waals surface area contributed by atoms with E-state index in [1.54, 1.807) is 11.8 Å². The molecule has 1 fully saturated rings. The van der Waals surface area contributed by atoms with Gasteiger partial charge in [0, 0.05) is 17.5 Å². The number of rotatable bonds is 4. The Morgan fingerprint density at radius 1 is 1.33 bits per heavy atom. The Morgan fingerprint density at radius 3 is 2.81 bits per heavy atom. The van der Waals surface area contributed by atoms with Gasteiger partial charge >= 0.3 is 5.97 Å². The number of carbonyl (C=O) groups is 2. The number of thioether (sulfide) groups is 1. The number of nitrogens with zero attached hydrogens (tertiary/aromatic N) is 1. The van der Waals surface area contributed by atoms with Crippen molar-refractivity contribution >= 4 is 23.6 Å². The molecule has 1 amide bonds. The molecule has 1 aromatic rings. The summed E-state index contributed by atoms with van der Waals surface area (Å²) in [5.41, 5.74) is 0.724. The van der Waals surface area contributed by atoms with Crippen molar-refractivity contribution in [3.05, 3.63) is 29.8 Å². The van der Waals surface area contributed by atoms with Crippen LogP contribution in [0.15, 0.2) is 29.2 Å². The maximum atomic E-state index is 12.8. The predicted octanol–water partition coefficient (Wildman–Crippen LogP) is 2.97. The molecule has 0 bridgehead atoms. The van der Waals surface area contributed by atoms with Gasteiger partial charge in [0.2, 0.25) is 0 Å². The SMILES string of the molecule is COC(=O)CC1CCCCN1C(=O)c1ccccc1SC. The van der Waals surface area contributed by atoms with Gasteiger partial charge in [0.1, 0.15) is 0 Å². The molecule has 4 nitrogen and oxygen atoms in total. The Balaban J connectivity index is 2.20. The van der Waals surface area contributed by atoms with Gasteiger partial charge in [-0.25, -0.2) is 0 Å². The lowest BCUT2D eigenvalue weighted by Crippen LogP contribution is -2.45. The van der Waals surface area contributed by atoms with Crippen molar-refractivity contribution < 1.29 is 14.3 Å². The highest BCUT2D eigenvalue weighted by Gasteiger charge is 2.30. The van der Waals surface area contributed by atoms with Crippen molar-refractivity contribution in [3.63, 3.8) is 0 Å². The quantitative estimate of drug-likeness (QED) is 0.634. The van der Waals surface area contributed by atoms with E-state index < -0.39 is 0 Å². The first-order chi connectivity index (χ1) is 10.2. The summed E-state index contributed by atoms with van der Waals surface area (Å²) in [7, 11) is 1.39. The third-order valence-electron chi connectivity index (χ3n) is 3.86. The summed E-state index contributed by atoms with van der Waals surface area (Å²) in [6.45, 7) is 0.712. The van der Waals surface area contributed by atoms with E-state index in [2.05, 4.69) is 0 Å². The molecule has 0 aromatic heterocycles. The molecule has 0 spiro atoms. The van der Waals surface area contributed by atoms with E-state index in [0.717, 1.165) is 29.7 Å². The average molecular weight is 307 g/mol. The van der Waals surface area contributed by atoms with Gasteiger partial charge in [-0.05, 0) is 37.7 Å². The van der Waals surface area contributed by atoms with Gasteiger partial charge in [-0.2, -0.15) is 0 Å². The van der Waals surface area contributed by atoms with E-state index in [0.29, 0.717) is 6.54 Å². The first kappa shape index (κ1) is 15.9. The fraction of sp³-hybridized carbons (Fsp3) is 0.500. The van der Waals surface area contributed by atoms with Crippen LogP contribution in [0.3, 0.4) is 0 Å². The summed E-state index contributed by atoms with van der Waals surface area (Å²) in [6.07, 6.45) is 5.15. The maximum absolute atomic E-state index is 12.8. The zero-order valence-corrected chi connectivity index (χ0v) is 13.3. The maximum Gasteiger partial charge on any atom is 0.307 e. The van der Waals surface area contributed by atoms with Crippen LogP contribution in [0.5, 0.6) is 0 Å². The minimum atomic E-state index is -0.252. The Morgan fingerprint density at radius 2 is 2.10 bits per heavy atom. The minimum absolute atomic E-state index is 0.0218. The molecule has 1 heterocycles. The molecule has 1 saturated heterocycles. The summed E-state index contributed by atoms with van der Waals surface area (Å²) in [5, 5.41) is 0. The molecule has 0 aliphatic carbocycles. The van der Waals surface area contributed by atoms with E-state index in [4.69, 9.17) is 4.74 Å². The van der Waals surface area contributed by atoms with Gasteiger partial charge < -0.3 is 9.64 Å². The third kappa shape index (κ3) is 3.79. The highest BCUT2D eigenvalue weighted by Crippen LogP contribution is 2.26. The van der Waals surface area contributed by atoms with Gasteiger partial charge in [0.05, 0.1) is 19.1 Å². The molecule has 2 rings (SSSR count).